The topological polar surface area (TPSA) is 141 Å². The summed E-state index contributed by atoms with van der Waals surface area (Å²) in [5, 5.41) is 24.5. The summed E-state index contributed by atoms with van der Waals surface area (Å²) in [5.74, 6) is -1.25. The number of carbonyl (C=O) groups is 1. The highest BCUT2D eigenvalue weighted by molar-refractivity contribution is 5.94. The number of fused-ring (bicyclic) bond motifs is 1. The molecule has 0 fully saturated rings. The summed E-state index contributed by atoms with van der Waals surface area (Å²) in [6.07, 6.45) is -2.44. The van der Waals surface area contributed by atoms with E-state index in [9.17, 15) is 23.1 Å². The minimum Gasteiger partial charge on any atom is -0.394 e. The van der Waals surface area contributed by atoms with Crippen LogP contribution in [0.4, 0.5) is 36.3 Å². The molecule has 37 heavy (non-hydrogen) atoms. The Morgan fingerprint density at radius 2 is 1.89 bits per heavy atom. The lowest BCUT2D eigenvalue weighted by atomic mass is 10.0. The minimum absolute atomic E-state index is 0.0409. The van der Waals surface area contributed by atoms with Crippen molar-refractivity contribution < 1.29 is 23.1 Å². The summed E-state index contributed by atoms with van der Waals surface area (Å²) < 4.78 is 39.3. The number of carbonyl (C=O) groups excluding carboxylic acids is 1. The zero-order valence-electron chi connectivity index (χ0n) is 19.2. The van der Waals surface area contributed by atoms with Crippen LogP contribution in [0.5, 0.6) is 0 Å². The lowest BCUT2D eigenvalue weighted by molar-refractivity contribution is -0.144. The van der Waals surface area contributed by atoms with Crippen molar-refractivity contribution in [1.82, 2.24) is 25.1 Å². The van der Waals surface area contributed by atoms with Crippen molar-refractivity contribution in [3.8, 4) is 11.4 Å². The number of H-pyrrole nitrogens is 1. The van der Waals surface area contributed by atoms with Crippen molar-refractivity contribution in [2.24, 2.45) is 0 Å². The first-order chi connectivity index (χ1) is 17.8. The summed E-state index contributed by atoms with van der Waals surface area (Å²) >= 11 is 0. The largest absolute Gasteiger partial charge is 0.453 e. The van der Waals surface area contributed by atoms with E-state index in [1.165, 1.54) is 6.20 Å². The molecular weight excluding hydrogens is 489 g/mol. The molecule has 1 aliphatic rings. The Balaban J connectivity index is 1.49. The number of aryl methyl sites for hydroxylation is 1. The molecule has 2 aromatic heterocycles. The number of hydrogen-bond acceptors (Lipinski definition) is 8. The molecule has 0 saturated carbocycles. The molecule has 0 aliphatic carbocycles. The van der Waals surface area contributed by atoms with Gasteiger partial charge in [-0.15, -0.1) is 5.10 Å². The summed E-state index contributed by atoms with van der Waals surface area (Å²) in [7, 11) is 0. The highest BCUT2D eigenvalue weighted by atomic mass is 19.4. The van der Waals surface area contributed by atoms with Crippen molar-refractivity contribution in [2.75, 3.05) is 22.6 Å². The number of nitrogens with one attached hydrogen (secondary N) is 4. The van der Waals surface area contributed by atoms with Crippen molar-refractivity contribution in [3.63, 3.8) is 0 Å². The van der Waals surface area contributed by atoms with Crippen LogP contribution in [0.1, 0.15) is 29.4 Å². The molecule has 5 rings (SSSR count). The Morgan fingerprint density at radius 3 is 2.62 bits per heavy atom. The van der Waals surface area contributed by atoms with Crippen molar-refractivity contribution in [1.29, 1.82) is 0 Å². The van der Waals surface area contributed by atoms with E-state index in [2.05, 4.69) is 41.1 Å². The van der Waals surface area contributed by atoms with Gasteiger partial charge in [0.2, 0.25) is 11.9 Å². The number of benzene rings is 2. The maximum atomic E-state index is 13.1. The molecular formula is C24H21F3N8O2. The molecule has 1 atom stereocenters. The molecule has 2 aromatic carbocycles. The van der Waals surface area contributed by atoms with E-state index in [1.807, 2.05) is 12.1 Å². The summed E-state index contributed by atoms with van der Waals surface area (Å²) in [5.41, 5.74) is 3.23. The van der Waals surface area contributed by atoms with Gasteiger partial charge in [-0.2, -0.15) is 18.2 Å². The molecule has 3 heterocycles. The minimum atomic E-state index is -4.73. The van der Waals surface area contributed by atoms with E-state index in [0.29, 0.717) is 18.5 Å². The average molecular weight is 510 g/mol. The molecule has 13 heteroatoms. The van der Waals surface area contributed by atoms with Gasteiger partial charge in [-0.1, -0.05) is 30.3 Å². The van der Waals surface area contributed by atoms with Gasteiger partial charge in [0, 0.05) is 24.0 Å². The van der Waals surface area contributed by atoms with Crippen LogP contribution in [0, 0.1) is 0 Å². The maximum absolute atomic E-state index is 13.1. The third-order valence-corrected chi connectivity index (χ3v) is 5.74. The van der Waals surface area contributed by atoms with Crippen LogP contribution in [0.2, 0.25) is 0 Å². The Bertz CT molecular complexity index is 1430. The monoisotopic (exact) mass is 510 g/mol. The maximum Gasteiger partial charge on any atom is 0.453 e. The van der Waals surface area contributed by atoms with E-state index in [4.69, 9.17) is 0 Å². The van der Waals surface area contributed by atoms with Crippen LogP contribution in [-0.2, 0) is 17.4 Å². The number of anilines is 4. The predicted molar refractivity (Wildman–Crippen MR) is 129 cm³/mol. The van der Waals surface area contributed by atoms with Crippen LogP contribution in [-0.4, -0.2) is 42.8 Å². The van der Waals surface area contributed by atoms with Gasteiger partial charge in [0.25, 0.3) is 5.82 Å². The van der Waals surface area contributed by atoms with Crippen LogP contribution < -0.4 is 16.0 Å². The van der Waals surface area contributed by atoms with Crippen LogP contribution >= 0.6 is 0 Å². The zero-order chi connectivity index (χ0) is 26.0. The lowest BCUT2D eigenvalue weighted by Crippen LogP contribution is -2.19. The van der Waals surface area contributed by atoms with E-state index in [0.717, 1.165) is 16.8 Å². The van der Waals surface area contributed by atoms with Gasteiger partial charge in [-0.3, -0.25) is 9.89 Å². The predicted octanol–water partition coefficient (Wildman–Crippen LogP) is 4.05. The molecule has 5 N–H and O–H groups in total. The second-order valence-corrected chi connectivity index (χ2v) is 8.30. The molecule has 0 radical (unpaired) electrons. The number of nitrogens with zero attached hydrogens (tertiary/aromatic N) is 4. The van der Waals surface area contributed by atoms with Gasteiger partial charge in [-0.05, 0) is 35.7 Å². The van der Waals surface area contributed by atoms with Gasteiger partial charge >= 0.3 is 6.18 Å². The highest BCUT2D eigenvalue weighted by Gasteiger charge is 2.36. The van der Waals surface area contributed by atoms with E-state index in [1.54, 1.807) is 36.4 Å². The van der Waals surface area contributed by atoms with Crippen molar-refractivity contribution in [3.05, 3.63) is 71.7 Å². The van der Waals surface area contributed by atoms with Crippen molar-refractivity contribution in [2.45, 2.75) is 25.1 Å². The van der Waals surface area contributed by atoms with Crippen LogP contribution in [0.15, 0.2) is 54.7 Å². The van der Waals surface area contributed by atoms with Crippen LogP contribution in [0.3, 0.4) is 0 Å². The molecule has 1 aliphatic heterocycles. The average Bonchev–Trinajstić information content (AvgIpc) is 3.39. The van der Waals surface area contributed by atoms with Gasteiger partial charge < -0.3 is 21.1 Å². The Hall–Kier alpha value is -4.52. The molecule has 0 saturated heterocycles. The third-order valence-electron chi connectivity index (χ3n) is 5.74. The number of aromatic nitrogens is 5. The molecule has 10 nitrogen and oxygen atoms in total. The van der Waals surface area contributed by atoms with Crippen LogP contribution in [0.25, 0.3) is 11.4 Å². The first kappa shape index (κ1) is 24.2. The quantitative estimate of drug-likeness (QED) is 0.251. The standard InChI is InChI=1S/C24H21F3N8O2/c25-24(26,27)22-32-21(34-35-22)16-11-28-23(29-15-7-8-17-14(10-15)6-9-19(37)30-17)33-20(16)31-18(12-36)13-4-2-1-3-5-13/h1-5,7-8,10-11,18,36H,6,9,12H2,(H,30,37)(H,32,34,35)(H2,28,29,31,33)/t18-/m1/s1. The van der Waals surface area contributed by atoms with E-state index >= 15 is 0 Å². The van der Waals surface area contributed by atoms with Gasteiger partial charge in [0.05, 0.1) is 18.2 Å². The number of alkyl halides is 3. The zero-order valence-corrected chi connectivity index (χ0v) is 19.2. The second kappa shape index (κ2) is 9.85. The molecule has 1 amide bonds. The smallest absolute Gasteiger partial charge is 0.394 e. The Kier molecular flexibility index (Phi) is 6.44. The molecule has 4 aromatic rings. The first-order valence-corrected chi connectivity index (χ1v) is 11.3. The fourth-order valence-electron chi connectivity index (χ4n) is 3.91. The van der Waals surface area contributed by atoms with E-state index < -0.39 is 18.0 Å². The Labute approximate surface area is 208 Å². The number of aromatic amines is 1. The van der Waals surface area contributed by atoms with Gasteiger partial charge in [0.15, 0.2) is 5.82 Å². The van der Waals surface area contributed by atoms with Gasteiger partial charge in [-0.25, -0.2) is 9.97 Å². The number of halogens is 3. The number of hydrogen-bond donors (Lipinski definition) is 5. The second-order valence-electron chi connectivity index (χ2n) is 8.30. The summed E-state index contributed by atoms with van der Waals surface area (Å²) in [6.45, 7) is -0.309. The molecule has 0 spiro atoms. The normalized spacial score (nSPS) is 14.0. The fraction of sp³-hybridized carbons (Fsp3) is 0.208. The van der Waals surface area contributed by atoms with Crippen molar-refractivity contribution >= 4 is 29.0 Å². The van der Waals surface area contributed by atoms with E-state index in [-0.39, 0.29) is 35.7 Å². The summed E-state index contributed by atoms with van der Waals surface area (Å²) in [6, 6.07) is 13.8. The molecule has 190 valence electrons. The first-order valence-electron chi connectivity index (χ1n) is 11.3. The number of aliphatic hydroxyl groups excluding tert-OH is 1. The SMILES string of the molecule is O=C1CCc2cc(Nc3ncc(-c4nc(C(F)(F)F)n[nH]4)c(N[C@H](CO)c4ccccc4)n3)ccc2N1. The van der Waals surface area contributed by atoms with Gasteiger partial charge in [0.1, 0.15) is 5.82 Å². The third kappa shape index (κ3) is 5.35. The molecule has 0 unspecified atom stereocenters. The lowest BCUT2D eigenvalue weighted by Gasteiger charge is -2.20. The summed E-state index contributed by atoms with van der Waals surface area (Å²) in [4.78, 5) is 23.9. The number of amides is 1. The highest BCUT2D eigenvalue weighted by Crippen LogP contribution is 2.32. The Morgan fingerprint density at radius 1 is 1.08 bits per heavy atom. The number of rotatable bonds is 7. The fourth-order valence-corrected chi connectivity index (χ4v) is 3.91. The number of aliphatic hydroxyl groups is 1. The molecule has 0 bridgehead atoms.